The lowest BCUT2D eigenvalue weighted by molar-refractivity contribution is -0.137. The first-order chi connectivity index (χ1) is 26.3. The average Bonchev–Trinajstić information content (AvgIpc) is 3.53. The molecule has 3 saturated carbocycles. The van der Waals surface area contributed by atoms with Crippen LogP contribution in [0.15, 0.2) is 24.5 Å². The second-order valence-electron chi connectivity index (χ2n) is 17.5. The number of alkyl halides is 3. The lowest BCUT2D eigenvalue weighted by Crippen LogP contribution is -2.59. The smallest absolute Gasteiger partial charge is 0.358 e. The van der Waals surface area contributed by atoms with Gasteiger partial charge in [0, 0.05) is 41.9 Å². The minimum atomic E-state index is -4.52. The van der Waals surface area contributed by atoms with Crippen LogP contribution in [0, 0.1) is 17.3 Å². The fourth-order valence-corrected chi connectivity index (χ4v) is 10.2. The van der Waals surface area contributed by atoms with E-state index in [1.165, 1.54) is 25.2 Å². The van der Waals surface area contributed by atoms with Gasteiger partial charge in [-0.2, -0.15) is 13.2 Å². The van der Waals surface area contributed by atoms with Gasteiger partial charge in [0.05, 0.1) is 23.2 Å². The predicted octanol–water partition coefficient (Wildman–Crippen LogP) is 5.64. The molecule has 4 atom stereocenters. The molecule has 2 saturated heterocycles. The molecular formula is C41H59F3N8O3. The van der Waals surface area contributed by atoms with Gasteiger partial charge in [0.25, 0.3) is 0 Å². The first-order valence-electron chi connectivity index (χ1n) is 20.7. The molecule has 3 amide bonds. The fourth-order valence-electron chi connectivity index (χ4n) is 10.2. The molecule has 1 aromatic heterocycles. The quantitative estimate of drug-likeness (QED) is 0.258. The zero-order valence-electron chi connectivity index (χ0n) is 32.6. The Hall–Kier alpha value is -3.52. The van der Waals surface area contributed by atoms with E-state index in [-0.39, 0.29) is 64.9 Å². The topological polar surface area (TPSA) is 132 Å². The van der Waals surface area contributed by atoms with Crippen LogP contribution in [-0.4, -0.2) is 100 Å². The third-order valence-electron chi connectivity index (χ3n) is 13.9. The Labute approximate surface area is 322 Å². The van der Waals surface area contributed by atoms with E-state index in [0.717, 1.165) is 76.6 Å². The van der Waals surface area contributed by atoms with Gasteiger partial charge in [-0.15, -0.1) is 0 Å². The lowest BCUT2D eigenvalue weighted by atomic mass is 9.65. The van der Waals surface area contributed by atoms with Gasteiger partial charge in [-0.05, 0) is 147 Å². The molecule has 302 valence electrons. The van der Waals surface area contributed by atoms with E-state index in [0.29, 0.717) is 49.2 Å². The summed E-state index contributed by atoms with van der Waals surface area (Å²) >= 11 is 0. The van der Waals surface area contributed by atoms with Crippen molar-refractivity contribution in [1.82, 2.24) is 35.7 Å². The number of rotatable bonds is 9. The van der Waals surface area contributed by atoms with Crippen LogP contribution < -0.4 is 21.3 Å². The zero-order chi connectivity index (χ0) is 38.9. The van der Waals surface area contributed by atoms with Gasteiger partial charge in [-0.25, -0.2) is 9.97 Å². The SMILES string of the molecule is CC(C)N(C)[C@@H]1CC[C@H](N2CC[C@H](Nc3ncnc4ccc(C(F)(F)F)cc34)C2=O)[C@H](NC(=O)[C@H]2CC[C@@H](NC(=O)C3CCC4(CCNCC4)CC3)CC2)C1. The summed E-state index contributed by atoms with van der Waals surface area (Å²) in [5, 5.41) is 13.6. The maximum absolute atomic E-state index is 14.0. The number of fused-ring (bicyclic) bond motifs is 1. The van der Waals surface area contributed by atoms with Crippen LogP contribution in [0.3, 0.4) is 0 Å². The number of likely N-dealkylation sites (tertiary alicyclic amines) is 1. The first kappa shape index (κ1) is 39.7. The molecule has 14 heteroatoms. The van der Waals surface area contributed by atoms with Gasteiger partial charge in [0.1, 0.15) is 18.2 Å². The summed E-state index contributed by atoms with van der Waals surface area (Å²) in [6.45, 7) is 6.96. The van der Waals surface area contributed by atoms with Gasteiger partial charge in [-0.1, -0.05) is 0 Å². The van der Waals surface area contributed by atoms with Crippen molar-refractivity contribution in [1.29, 1.82) is 0 Å². The average molecular weight is 769 g/mol. The van der Waals surface area contributed by atoms with Gasteiger partial charge >= 0.3 is 6.18 Å². The number of hydrogen-bond donors (Lipinski definition) is 4. The largest absolute Gasteiger partial charge is 0.416 e. The standard InChI is InChI=1S/C41H59F3N8O3/c1-25(2)51(3)30-9-11-35(52-21-14-33(39(52)55)49-36-31-22-28(41(42,43)44)6-10-32(31)46-24-47-36)34(23-30)50-38(54)26-4-7-29(8-5-26)48-37(53)27-12-15-40(16-13-27)17-19-45-20-18-40/h6,10,22,24-27,29-30,33-35,45H,4-5,7-9,11-21,23H2,1-3H3,(H,48,53)(H,50,54)(H,46,47,49)/t26-,29+,30-,33+,34-,35+/m1/s1. The highest BCUT2D eigenvalue weighted by Gasteiger charge is 2.44. The molecule has 0 unspecified atom stereocenters. The third kappa shape index (κ3) is 8.90. The summed E-state index contributed by atoms with van der Waals surface area (Å²) in [6.07, 6.45) is 9.18. The number of hydrogen-bond acceptors (Lipinski definition) is 8. The molecule has 4 N–H and O–H groups in total. The van der Waals surface area contributed by atoms with Gasteiger partial charge in [-0.3, -0.25) is 14.4 Å². The van der Waals surface area contributed by atoms with E-state index in [4.69, 9.17) is 0 Å². The number of carbonyl (C=O) groups is 3. The van der Waals surface area contributed by atoms with Crippen molar-refractivity contribution in [3.63, 3.8) is 0 Å². The number of piperidine rings is 1. The van der Waals surface area contributed by atoms with Gasteiger partial charge in [0.2, 0.25) is 17.7 Å². The van der Waals surface area contributed by atoms with Crippen LogP contribution in [0.5, 0.6) is 0 Å². The number of halogens is 3. The number of aromatic nitrogens is 2. The minimum absolute atomic E-state index is 0.0152. The summed E-state index contributed by atoms with van der Waals surface area (Å²) in [5.41, 5.74) is -0.0214. The highest BCUT2D eigenvalue weighted by atomic mass is 19.4. The summed E-state index contributed by atoms with van der Waals surface area (Å²) in [4.78, 5) is 53.8. The van der Waals surface area contributed by atoms with E-state index >= 15 is 0 Å². The van der Waals surface area contributed by atoms with Crippen molar-refractivity contribution in [2.45, 2.75) is 146 Å². The Balaban J connectivity index is 0.961. The van der Waals surface area contributed by atoms with Crippen molar-refractivity contribution in [2.24, 2.45) is 17.3 Å². The number of carbonyl (C=O) groups excluding carboxylic acids is 3. The number of anilines is 1. The third-order valence-corrected chi connectivity index (χ3v) is 13.9. The fraction of sp³-hybridized carbons (Fsp3) is 0.732. The molecular weight excluding hydrogens is 709 g/mol. The summed E-state index contributed by atoms with van der Waals surface area (Å²) < 4.78 is 40.6. The number of nitrogens with zero attached hydrogens (tertiary/aromatic N) is 4. The summed E-state index contributed by atoms with van der Waals surface area (Å²) in [5.74, 6) is 0.193. The van der Waals surface area contributed by atoms with Crippen molar-refractivity contribution in [2.75, 3.05) is 32.0 Å². The Morgan fingerprint density at radius 3 is 2.29 bits per heavy atom. The monoisotopic (exact) mass is 768 g/mol. The van der Waals surface area contributed by atoms with Crippen LogP contribution in [-0.2, 0) is 20.6 Å². The van der Waals surface area contributed by atoms with Crippen LogP contribution in [0.25, 0.3) is 10.9 Å². The maximum Gasteiger partial charge on any atom is 0.416 e. The van der Waals surface area contributed by atoms with Crippen molar-refractivity contribution < 1.29 is 27.6 Å². The molecule has 0 bridgehead atoms. The van der Waals surface area contributed by atoms with E-state index < -0.39 is 17.8 Å². The van der Waals surface area contributed by atoms with Crippen LogP contribution >= 0.6 is 0 Å². The number of amides is 3. The van der Waals surface area contributed by atoms with Gasteiger partial charge < -0.3 is 31.1 Å². The molecule has 3 heterocycles. The van der Waals surface area contributed by atoms with Crippen molar-refractivity contribution in [3.8, 4) is 0 Å². The Morgan fingerprint density at radius 2 is 1.60 bits per heavy atom. The summed E-state index contributed by atoms with van der Waals surface area (Å²) in [7, 11) is 2.11. The number of benzene rings is 1. The second kappa shape index (κ2) is 16.5. The van der Waals surface area contributed by atoms with E-state index in [1.54, 1.807) is 0 Å². The van der Waals surface area contributed by atoms with Crippen molar-refractivity contribution >= 4 is 34.4 Å². The van der Waals surface area contributed by atoms with E-state index in [9.17, 15) is 27.6 Å². The molecule has 1 spiro atoms. The molecule has 7 rings (SSSR count). The predicted molar refractivity (Wildman–Crippen MR) is 205 cm³/mol. The van der Waals surface area contributed by atoms with E-state index in [1.807, 2.05) is 4.90 Å². The lowest BCUT2D eigenvalue weighted by Gasteiger charge is -2.45. The molecule has 0 radical (unpaired) electrons. The minimum Gasteiger partial charge on any atom is -0.358 e. The Bertz CT molecular complexity index is 1680. The molecule has 2 aromatic rings. The second-order valence-corrected chi connectivity index (χ2v) is 17.5. The molecule has 1 aromatic carbocycles. The van der Waals surface area contributed by atoms with Crippen LogP contribution in [0.1, 0.15) is 109 Å². The van der Waals surface area contributed by atoms with Gasteiger partial charge in [0.15, 0.2) is 0 Å². The summed E-state index contributed by atoms with van der Waals surface area (Å²) in [6, 6.07) is 2.90. The Kier molecular flexibility index (Phi) is 11.9. The molecule has 55 heavy (non-hydrogen) atoms. The molecule has 5 fully saturated rings. The van der Waals surface area contributed by atoms with Crippen molar-refractivity contribution in [3.05, 3.63) is 30.1 Å². The molecule has 5 aliphatic rings. The highest BCUT2D eigenvalue weighted by molar-refractivity contribution is 5.93. The first-order valence-corrected chi connectivity index (χ1v) is 20.7. The highest BCUT2D eigenvalue weighted by Crippen LogP contribution is 2.45. The molecule has 3 aliphatic carbocycles. The molecule has 11 nitrogen and oxygen atoms in total. The van der Waals surface area contributed by atoms with Crippen LogP contribution in [0.2, 0.25) is 0 Å². The maximum atomic E-state index is 14.0. The van der Waals surface area contributed by atoms with E-state index in [2.05, 4.69) is 57.0 Å². The van der Waals surface area contributed by atoms with Crippen LogP contribution in [0.4, 0.5) is 19.0 Å². The zero-order valence-corrected chi connectivity index (χ0v) is 32.6. The number of nitrogens with one attached hydrogen (secondary N) is 4. The Morgan fingerprint density at radius 1 is 0.909 bits per heavy atom. The molecule has 2 aliphatic heterocycles. The normalized spacial score (nSPS) is 29.2.